The summed E-state index contributed by atoms with van der Waals surface area (Å²) in [6.07, 6.45) is -0.864. The summed E-state index contributed by atoms with van der Waals surface area (Å²) >= 11 is 7.49. The minimum absolute atomic E-state index is 0.353. The number of aliphatic hydroxyl groups excluding tert-OH is 1. The van der Waals surface area contributed by atoms with Gasteiger partial charge in [0.05, 0.1) is 9.90 Å². The monoisotopic (exact) mass is 270 g/mol. The highest BCUT2D eigenvalue weighted by molar-refractivity contribution is 7.10. The molecule has 90 valence electrons. The molecular formula is C13H12ClFOS. The summed E-state index contributed by atoms with van der Waals surface area (Å²) in [4.78, 5) is 0.665. The minimum Gasteiger partial charge on any atom is -0.383 e. The second kappa shape index (κ2) is 4.77. The van der Waals surface area contributed by atoms with E-state index in [2.05, 4.69) is 0 Å². The Balaban J connectivity index is 2.47. The Morgan fingerprint density at radius 3 is 2.59 bits per heavy atom. The molecule has 17 heavy (non-hydrogen) atoms. The fourth-order valence-electron chi connectivity index (χ4n) is 1.68. The number of thiophene rings is 1. The fourth-order valence-corrected chi connectivity index (χ4v) is 2.98. The summed E-state index contributed by atoms with van der Waals surface area (Å²) in [5.41, 5.74) is 2.34. The number of hydrogen-bond acceptors (Lipinski definition) is 2. The molecule has 1 unspecified atom stereocenters. The van der Waals surface area contributed by atoms with E-state index in [-0.39, 0.29) is 5.82 Å². The Bertz CT molecular complexity index is 550. The lowest BCUT2D eigenvalue weighted by molar-refractivity contribution is 0.223. The van der Waals surface area contributed by atoms with E-state index in [4.69, 9.17) is 11.6 Å². The summed E-state index contributed by atoms with van der Waals surface area (Å²) in [6, 6.07) is 4.39. The molecule has 1 nitrogen and oxygen atoms in total. The number of halogens is 2. The van der Waals surface area contributed by atoms with Crippen LogP contribution in [0.3, 0.4) is 0 Å². The molecule has 1 atom stereocenters. The lowest BCUT2D eigenvalue weighted by Gasteiger charge is -2.13. The van der Waals surface area contributed by atoms with Crippen molar-refractivity contribution in [1.82, 2.24) is 0 Å². The van der Waals surface area contributed by atoms with Crippen molar-refractivity contribution >= 4 is 22.9 Å². The van der Waals surface area contributed by atoms with Crippen LogP contribution in [0.1, 0.15) is 27.7 Å². The largest absolute Gasteiger partial charge is 0.383 e. The Morgan fingerprint density at radius 1 is 1.29 bits per heavy atom. The average Bonchev–Trinajstić information content (AvgIpc) is 2.62. The van der Waals surface area contributed by atoms with Gasteiger partial charge in [-0.05, 0) is 48.1 Å². The molecule has 2 aromatic rings. The third-order valence-corrected chi connectivity index (χ3v) is 4.48. The van der Waals surface area contributed by atoms with E-state index in [0.29, 0.717) is 15.5 Å². The first-order valence-corrected chi connectivity index (χ1v) is 6.44. The van der Waals surface area contributed by atoms with Crippen molar-refractivity contribution in [1.29, 1.82) is 0 Å². The Hall–Kier alpha value is -0.900. The van der Waals surface area contributed by atoms with Crippen molar-refractivity contribution in [3.05, 3.63) is 56.0 Å². The molecule has 0 saturated carbocycles. The van der Waals surface area contributed by atoms with Crippen LogP contribution in [0, 0.1) is 19.7 Å². The van der Waals surface area contributed by atoms with Gasteiger partial charge in [0.15, 0.2) is 0 Å². The van der Waals surface area contributed by atoms with Crippen LogP contribution in [-0.2, 0) is 0 Å². The van der Waals surface area contributed by atoms with Crippen molar-refractivity contribution in [2.45, 2.75) is 20.0 Å². The number of aryl methyl sites for hydroxylation is 2. The zero-order valence-corrected chi connectivity index (χ0v) is 11.1. The second-order valence-electron chi connectivity index (χ2n) is 4.00. The molecule has 0 spiro atoms. The van der Waals surface area contributed by atoms with Gasteiger partial charge in [-0.15, -0.1) is 11.3 Å². The molecule has 0 bridgehead atoms. The van der Waals surface area contributed by atoms with Crippen LogP contribution in [-0.4, -0.2) is 5.11 Å². The van der Waals surface area contributed by atoms with E-state index in [9.17, 15) is 9.50 Å². The zero-order valence-electron chi connectivity index (χ0n) is 9.50. The summed E-state index contributed by atoms with van der Waals surface area (Å²) in [6.45, 7) is 3.72. The van der Waals surface area contributed by atoms with Gasteiger partial charge in [0.25, 0.3) is 0 Å². The minimum atomic E-state index is -0.864. The maximum Gasteiger partial charge on any atom is 0.123 e. The van der Waals surface area contributed by atoms with E-state index in [1.165, 1.54) is 23.5 Å². The Kier molecular flexibility index (Phi) is 3.52. The fraction of sp³-hybridized carbons (Fsp3) is 0.231. The predicted molar refractivity (Wildman–Crippen MR) is 69.3 cm³/mol. The highest BCUT2D eigenvalue weighted by Gasteiger charge is 2.19. The van der Waals surface area contributed by atoms with Crippen molar-refractivity contribution in [2.75, 3.05) is 0 Å². The smallest absolute Gasteiger partial charge is 0.123 e. The van der Waals surface area contributed by atoms with E-state index < -0.39 is 6.10 Å². The van der Waals surface area contributed by atoms with Crippen molar-refractivity contribution in [3.8, 4) is 0 Å². The van der Waals surface area contributed by atoms with Gasteiger partial charge in [-0.25, -0.2) is 4.39 Å². The van der Waals surface area contributed by atoms with Crippen LogP contribution < -0.4 is 0 Å². The molecule has 0 fully saturated rings. The van der Waals surface area contributed by atoms with E-state index in [0.717, 1.165) is 11.1 Å². The number of benzene rings is 1. The molecule has 1 N–H and O–H groups in total. The molecule has 0 aliphatic rings. The third-order valence-electron chi connectivity index (χ3n) is 2.71. The van der Waals surface area contributed by atoms with E-state index >= 15 is 0 Å². The number of aliphatic hydroxyl groups is 1. The second-order valence-corrected chi connectivity index (χ2v) is 5.29. The highest BCUT2D eigenvalue weighted by Crippen LogP contribution is 2.36. The molecule has 1 aromatic carbocycles. The topological polar surface area (TPSA) is 20.2 Å². The third kappa shape index (κ3) is 2.37. The van der Waals surface area contributed by atoms with Gasteiger partial charge < -0.3 is 5.11 Å². The van der Waals surface area contributed by atoms with Gasteiger partial charge in [0.2, 0.25) is 0 Å². The molecule has 0 aliphatic heterocycles. The molecular weight excluding hydrogens is 259 g/mol. The molecule has 1 aromatic heterocycles. The van der Waals surface area contributed by atoms with Gasteiger partial charge >= 0.3 is 0 Å². The average molecular weight is 271 g/mol. The van der Waals surface area contributed by atoms with E-state index in [1.54, 1.807) is 6.07 Å². The molecule has 0 aliphatic carbocycles. The maximum atomic E-state index is 13.2. The van der Waals surface area contributed by atoms with Crippen LogP contribution in [0.15, 0.2) is 23.6 Å². The standard InChI is InChI=1S/C13H12ClFOS/c1-7-3-4-9(15)5-10(7)12(16)13-11(14)8(2)6-17-13/h3-6,12,16H,1-2H3. The van der Waals surface area contributed by atoms with Gasteiger partial charge in [-0.3, -0.25) is 0 Å². The first-order chi connectivity index (χ1) is 8.00. The van der Waals surface area contributed by atoms with E-state index in [1.807, 2.05) is 19.2 Å². The van der Waals surface area contributed by atoms with Crippen LogP contribution in [0.5, 0.6) is 0 Å². The lowest BCUT2D eigenvalue weighted by atomic mass is 10.0. The first-order valence-electron chi connectivity index (χ1n) is 5.18. The number of hydrogen-bond donors (Lipinski definition) is 1. The van der Waals surface area contributed by atoms with Crippen molar-refractivity contribution in [3.63, 3.8) is 0 Å². The lowest BCUT2D eigenvalue weighted by Crippen LogP contribution is -2.01. The Morgan fingerprint density at radius 2 is 2.00 bits per heavy atom. The molecule has 0 amide bonds. The van der Waals surface area contributed by atoms with Crippen LogP contribution >= 0.6 is 22.9 Å². The quantitative estimate of drug-likeness (QED) is 0.865. The van der Waals surface area contributed by atoms with Gasteiger partial charge in [0, 0.05) is 0 Å². The van der Waals surface area contributed by atoms with Crippen LogP contribution in [0.25, 0.3) is 0 Å². The normalized spacial score (nSPS) is 12.8. The molecule has 0 saturated heterocycles. The predicted octanol–water partition coefficient (Wildman–Crippen LogP) is 4.24. The zero-order chi connectivity index (χ0) is 12.6. The maximum absolute atomic E-state index is 13.2. The van der Waals surface area contributed by atoms with Gasteiger partial charge in [0.1, 0.15) is 11.9 Å². The van der Waals surface area contributed by atoms with Crippen molar-refractivity contribution < 1.29 is 9.50 Å². The first kappa shape index (κ1) is 12.6. The summed E-state index contributed by atoms with van der Waals surface area (Å²) in [5.74, 6) is -0.353. The molecule has 0 radical (unpaired) electrons. The Labute approximate surface area is 108 Å². The number of rotatable bonds is 2. The summed E-state index contributed by atoms with van der Waals surface area (Å²) in [7, 11) is 0. The molecule has 1 heterocycles. The summed E-state index contributed by atoms with van der Waals surface area (Å²) in [5, 5.41) is 12.7. The SMILES string of the molecule is Cc1ccc(F)cc1C(O)c1scc(C)c1Cl. The molecule has 4 heteroatoms. The van der Waals surface area contributed by atoms with Crippen LogP contribution in [0.4, 0.5) is 4.39 Å². The molecule has 2 rings (SSSR count). The van der Waals surface area contributed by atoms with Gasteiger partial charge in [-0.2, -0.15) is 0 Å². The van der Waals surface area contributed by atoms with Gasteiger partial charge in [-0.1, -0.05) is 17.7 Å². The van der Waals surface area contributed by atoms with Crippen molar-refractivity contribution in [2.24, 2.45) is 0 Å². The summed E-state index contributed by atoms with van der Waals surface area (Å²) < 4.78 is 13.2. The highest BCUT2D eigenvalue weighted by atomic mass is 35.5. The van der Waals surface area contributed by atoms with Crippen LogP contribution in [0.2, 0.25) is 5.02 Å².